The van der Waals surface area contributed by atoms with Gasteiger partial charge in [0.05, 0.1) is 11.7 Å². The van der Waals surface area contributed by atoms with Gasteiger partial charge in [0.15, 0.2) is 0 Å². The minimum absolute atomic E-state index is 0.0609. The van der Waals surface area contributed by atoms with Crippen LogP contribution in [0.2, 0.25) is 0 Å². The van der Waals surface area contributed by atoms with Crippen molar-refractivity contribution in [2.24, 2.45) is 0 Å². The van der Waals surface area contributed by atoms with E-state index in [-0.39, 0.29) is 5.60 Å². The lowest BCUT2D eigenvalue weighted by atomic mass is 10.1. The highest BCUT2D eigenvalue weighted by Crippen LogP contribution is 2.30. The van der Waals surface area contributed by atoms with E-state index in [2.05, 4.69) is 49.7 Å². The Morgan fingerprint density at radius 3 is 2.82 bits per heavy atom. The minimum Gasteiger partial charge on any atom is -0.382 e. The number of ether oxygens (including phenoxy) is 1. The summed E-state index contributed by atoms with van der Waals surface area (Å²) >= 11 is 1.77. The Bertz CT molecular complexity index is 378. The molecule has 0 bridgehead atoms. The quantitative estimate of drug-likeness (QED) is 0.823. The molecule has 1 aliphatic heterocycles. The molecule has 1 atom stereocenters. The smallest absolute Gasteiger partial charge is 0.0755 e. The summed E-state index contributed by atoms with van der Waals surface area (Å²) in [6.07, 6.45) is 4.76. The second-order valence-corrected chi connectivity index (χ2v) is 5.97. The zero-order valence-electron chi connectivity index (χ0n) is 10.8. The molecule has 1 aliphatic rings. The van der Waals surface area contributed by atoms with Gasteiger partial charge in [0.1, 0.15) is 0 Å². The highest BCUT2D eigenvalue weighted by Gasteiger charge is 2.31. The van der Waals surface area contributed by atoms with Crippen LogP contribution < -0.4 is 5.32 Å². The largest absolute Gasteiger partial charge is 0.382 e. The van der Waals surface area contributed by atoms with Gasteiger partial charge >= 0.3 is 0 Å². The fourth-order valence-electron chi connectivity index (χ4n) is 2.24. The molecule has 1 N–H and O–H groups in total. The van der Waals surface area contributed by atoms with E-state index >= 15 is 0 Å². The van der Waals surface area contributed by atoms with Crippen LogP contribution in [-0.2, 0) is 4.74 Å². The van der Waals surface area contributed by atoms with Crippen LogP contribution >= 0.6 is 11.8 Å². The lowest BCUT2D eigenvalue weighted by Gasteiger charge is -2.20. The Morgan fingerprint density at radius 1 is 1.41 bits per heavy atom. The van der Waals surface area contributed by atoms with Crippen LogP contribution in [0.4, 0.5) is 5.69 Å². The Morgan fingerprint density at radius 2 is 2.18 bits per heavy atom. The molecule has 1 aromatic carbocycles. The van der Waals surface area contributed by atoms with Crippen molar-refractivity contribution < 1.29 is 4.74 Å². The van der Waals surface area contributed by atoms with E-state index in [1.807, 2.05) is 0 Å². The van der Waals surface area contributed by atoms with Crippen molar-refractivity contribution in [3.8, 4) is 0 Å². The van der Waals surface area contributed by atoms with Gasteiger partial charge in [0.2, 0.25) is 0 Å². The maximum absolute atomic E-state index is 5.97. The summed E-state index contributed by atoms with van der Waals surface area (Å²) in [4.78, 5) is 1.30. The van der Waals surface area contributed by atoms with Crippen LogP contribution in [0.3, 0.4) is 0 Å². The van der Waals surface area contributed by atoms with Crippen molar-refractivity contribution in [1.29, 1.82) is 0 Å². The fraction of sp³-hybridized carbons (Fsp3) is 0.571. The van der Waals surface area contributed by atoms with Gasteiger partial charge in [0.25, 0.3) is 0 Å². The first kappa shape index (κ1) is 12.8. The molecule has 2 rings (SSSR count). The molecule has 0 aliphatic carbocycles. The van der Waals surface area contributed by atoms with Gasteiger partial charge in [-0.1, -0.05) is 12.1 Å². The van der Waals surface area contributed by atoms with Crippen LogP contribution in [0.15, 0.2) is 29.2 Å². The SMILES string of the molecule is CSc1ccccc1NCC1CCC(C)(C)O1. The van der Waals surface area contributed by atoms with Gasteiger partial charge in [-0.05, 0) is 45.1 Å². The molecule has 1 saturated heterocycles. The minimum atomic E-state index is 0.0609. The number of benzene rings is 1. The van der Waals surface area contributed by atoms with E-state index < -0.39 is 0 Å². The lowest BCUT2D eigenvalue weighted by Crippen LogP contribution is -2.24. The molecule has 0 radical (unpaired) electrons. The molecule has 2 nitrogen and oxygen atoms in total. The van der Waals surface area contributed by atoms with E-state index in [1.54, 1.807) is 11.8 Å². The molecular formula is C14H21NOS. The highest BCUT2D eigenvalue weighted by molar-refractivity contribution is 7.98. The predicted molar refractivity (Wildman–Crippen MR) is 74.9 cm³/mol. The van der Waals surface area contributed by atoms with Gasteiger partial charge in [-0.15, -0.1) is 11.8 Å². The average Bonchev–Trinajstić information content (AvgIpc) is 2.67. The predicted octanol–water partition coefficient (Wildman–Crippen LogP) is 3.78. The van der Waals surface area contributed by atoms with Crippen molar-refractivity contribution >= 4 is 17.4 Å². The third kappa shape index (κ3) is 3.39. The van der Waals surface area contributed by atoms with E-state index in [0.29, 0.717) is 6.10 Å². The van der Waals surface area contributed by atoms with E-state index in [0.717, 1.165) is 19.4 Å². The Labute approximate surface area is 108 Å². The molecule has 3 heteroatoms. The van der Waals surface area contributed by atoms with Crippen molar-refractivity contribution in [1.82, 2.24) is 0 Å². The van der Waals surface area contributed by atoms with E-state index in [1.165, 1.54) is 10.6 Å². The molecule has 0 aromatic heterocycles. The van der Waals surface area contributed by atoms with Gasteiger partial charge in [-0.2, -0.15) is 0 Å². The lowest BCUT2D eigenvalue weighted by molar-refractivity contribution is -0.00912. The van der Waals surface area contributed by atoms with E-state index in [9.17, 15) is 0 Å². The maximum Gasteiger partial charge on any atom is 0.0755 e. The monoisotopic (exact) mass is 251 g/mol. The summed E-state index contributed by atoms with van der Waals surface area (Å²) in [6.45, 7) is 5.24. The average molecular weight is 251 g/mol. The summed E-state index contributed by atoms with van der Waals surface area (Å²) in [5, 5.41) is 3.50. The summed E-state index contributed by atoms with van der Waals surface area (Å²) in [7, 11) is 0. The topological polar surface area (TPSA) is 21.3 Å². The molecule has 1 unspecified atom stereocenters. The normalized spacial score (nSPS) is 22.6. The number of rotatable bonds is 4. The summed E-state index contributed by atoms with van der Waals surface area (Å²) in [5.41, 5.74) is 1.28. The van der Waals surface area contributed by atoms with Gasteiger partial charge in [-0.3, -0.25) is 0 Å². The second kappa shape index (κ2) is 5.32. The number of thioether (sulfide) groups is 1. The summed E-state index contributed by atoms with van der Waals surface area (Å²) < 4.78 is 5.97. The van der Waals surface area contributed by atoms with Gasteiger partial charge in [-0.25, -0.2) is 0 Å². The van der Waals surface area contributed by atoms with Gasteiger partial charge < -0.3 is 10.1 Å². The second-order valence-electron chi connectivity index (χ2n) is 5.12. The Balaban J connectivity index is 1.90. The van der Waals surface area contributed by atoms with Crippen LogP contribution in [0, 0.1) is 0 Å². The van der Waals surface area contributed by atoms with Crippen molar-refractivity contribution in [2.45, 2.75) is 43.3 Å². The number of anilines is 1. The summed E-state index contributed by atoms with van der Waals surface area (Å²) in [6, 6.07) is 8.42. The third-order valence-corrected chi connectivity index (χ3v) is 3.98. The number of nitrogens with one attached hydrogen (secondary N) is 1. The molecule has 17 heavy (non-hydrogen) atoms. The third-order valence-electron chi connectivity index (χ3n) is 3.18. The van der Waals surface area contributed by atoms with Crippen molar-refractivity contribution in [3.63, 3.8) is 0 Å². The molecule has 1 fully saturated rings. The molecule has 0 spiro atoms. The van der Waals surface area contributed by atoms with Gasteiger partial charge in [0, 0.05) is 17.1 Å². The zero-order valence-corrected chi connectivity index (χ0v) is 11.6. The van der Waals surface area contributed by atoms with E-state index in [4.69, 9.17) is 4.74 Å². The summed E-state index contributed by atoms with van der Waals surface area (Å²) in [5.74, 6) is 0. The van der Waals surface area contributed by atoms with Crippen LogP contribution in [-0.4, -0.2) is 24.5 Å². The molecular weight excluding hydrogens is 230 g/mol. The molecule has 1 heterocycles. The number of para-hydroxylation sites is 1. The number of hydrogen-bond acceptors (Lipinski definition) is 3. The van der Waals surface area contributed by atoms with Crippen molar-refractivity contribution in [3.05, 3.63) is 24.3 Å². The Kier molecular flexibility index (Phi) is 4.00. The van der Waals surface area contributed by atoms with Crippen LogP contribution in [0.5, 0.6) is 0 Å². The standard InChI is InChI=1S/C14H21NOS/c1-14(2)9-8-11(16-14)10-15-12-6-4-5-7-13(12)17-3/h4-7,11,15H,8-10H2,1-3H3. The van der Waals surface area contributed by atoms with Crippen LogP contribution in [0.25, 0.3) is 0 Å². The van der Waals surface area contributed by atoms with Crippen LogP contribution in [0.1, 0.15) is 26.7 Å². The molecule has 1 aromatic rings. The maximum atomic E-state index is 5.97. The number of hydrogen-bond donors (Lipinski definition) is 1. The first-order valence-electron chi connectivity index (χ1n) is 6.15. The zero-order chi connectivity index (χ0) is 12.3. The highest BCUT2D eigenvalue weighted by atomic mass is 32.2. The first-order chi connectivity index (χ1) is 8.11. The fourth-order valence-corrected chi connectivity index (χ4v) is 2.81. The molecule has 0 saturated carbocycles. The van der Waals surface area contributed by atoms with Crippen molar-refractivity contribution in [2.75, 3.05) is 18.1 Å². The molecule has 0 amide bonds. The Hall–Kier alpha value is -0.670. The first-order valence-corrected chi connectivity index (χ1v) is 7.38. The molecule has 94 valence electrons.